The van der Waals surface area contributed by atoms with Gasteiger partial charge in [0.25, 0.3) is 11.8 Å². The predicted molar refractivity (Wildman–Crippen MR) is 115 cm³/mol. The van der Waals surface area contributed by atoms with Gasteiger partial charge in [-0.3, -0.25) is 9.59 Å². The van der Waals surface area contributed by atoms with Crippen molar-refractivity contribution in [1.29, 1.82) is 0 Å². The number of nitrogens with one attached hydrogen (secondary N) is 1. The Labute approximate surface area is 173 Å². The summed E-state index contributed by atoms with van der Waals surface area (Å²) in [5.74, 6) is 0.982. The zero-order valence-corrected chi connectivity index (χ0v) is 16.9. The van der Waals surface area contributed by atoms with Gasteiger partial charge in [0.05, 0.1) is 5.56 Å². The van der Waals surface area contributed by atoms with Crippen molar-refractivity contribution in [3.63, 3.8) is 0 Å². The van der Waals surface area contributed by atoms with E-state index in [-0.39, 0.29) is 5.91 Å². The fraction of sp³-hybridized carbons (Fsp3) is 0.217. The number of fused-ring (bicyclic) bond motifs is 1. The van der Waals surface area contributed by atoms with E-state index in [2.05, 4.69) is 12.2 Å². The molecule has 0 spiro atoms. The molecule has 3 aromatic rings. The Morgan fingerprint density at radius 1 is 1.10 bits per heavy atom. The molecule has 4 rings (SSSR count). The maximum absolute atomic E-state index is 12.9. The van der Waals surface area contributed by atoms with Crippen molar-refractivity contribution in [2.45, 2.75) is 26.2 Å². The molecule has 0 aliphatic heterocycles. The number of carbonyl (C=O) groups is 2. The van der Waals surface area contributed by atoms with Crippen LogP contribution in [0.5, 0.6) is 11.5 Å². The number of hydrogen-bond donors (Lipinski definition) is 2. The molecular weight excluding hydrogens is 384 g/mol. The molecular formula is C23H22N2O3S. The smallest absolute Gasteiger partial charge is 0.256 e. The van der Waals surface area contributed by atoms with E-state index in [1.165, 1.54) is 11.3 Å². The third-order valence-corrected chi connectivity index (χ3v) is 6.26. The van der Waals surface area contributed by atoms with Gasteiger partial charge in [-0.05, 0) is 61.1 Å². The first-order chi connectivity index (χ1) is 14.0. The van der Waals surface area contributed by atoms with E-state index < -0.39 is 5.91 Å². The molecule has 0 saturated carbocycles. The van der Waals surface area contributed by atoms with Crippen molar-refractivity contribution >= 4 is 28.2 Å². The van der Waals surface area contributed by atoms with Crippen LogP contribution in [-0.4, -0.2) is 11.8 Å². The van der Waals surface area contributed by atoms with Crippen molar-refractivity contribution in [1.82, 2.24) is 0 Å². The summed E-state index contributed by atoms with van der Waals surface area (Å²) in [4.78, 5) is 26.1. The number of benzene rings is 2. The summed E-state index contributed by atoms with van der Waals surface area (Å²) < 4.78 is 5.81. The van der Waals surface area contributed by atoms with Gasteiger partial charge in [0.2, 0.25) is 0 Å². The lowest BCUT2D eigenvalue weighted by Crippen LogP contribution is -2.19. The maximum atomic E-state index is 12.9. The second-order valence-corrected chi connectivity index (χ2v) is 8.42. The number of para-hydroxylation sites is 1. The highest BCUT2D eigenvalue weighted by atomic mass is 32.1. The SMILES string of the molecule is CC1CCc2sc(NC(=O)c3cccc(Oc4ccccc4)c3)c(C(N)=O)c2C1. The molecule has 29 heavy (non-hydrogen) atoms. The number of primary amides is 1. The Bertz CT molecular complexity index is 1060. The van der Waals surface area contributed by atoms with Crippen molar-refractivity contribution in [2.75, 3.05) is 5.32 Å². The highest BCUT2D eigenvalue weighted by Gasteiger charge is 2.27. The molecule has 1 aromatic heterocycles. The average Bonchev–Trinajstić information content (AvgIpc) is 3.06. The Morgan fingerprint density at radius 3 is 2.62 bits per heavy atom. The molecule has 1 aliphatic rings. The van der Waals surface area contributed by atoms with Crippen LogP contribution in [0.3, 0.4) is 0 Å². The number of ether oxygens (including phenoxy) is 1. The number of hydrogen-bond acceptors (Lipinski definition) is 4. The predicted octanol–water partition coefficient (Wildman–Crippen LogP) is 5.02. The Hall–Kier alpha value is -3.12. The Kier molecular flexibility index (Phi) is 5.36. The molecule has 2 aromatic carbocycles. The van der Waals surface area contributed by atoms with Crippen LogP contribution in [0.15, 0.2) is 54.6 Å². The summed E-state index contributed by atoms with van der Waals surface area (Å²) in [6, 6.07) is 16.3. The largest absolute Gasteiger partial charge is 0.457 e. The van der Waals surface area contributed by atoms with Crippen molar-refractivity contribution in [3.8, 4) is 11.5 Å². The summed E-state index contributed by atoms with van der Waals surface area (Å²) >= 11 is 1.46. The van der Waals surface area contributed by atoms with Gasteiger partial charge in [-0.15, -0.1) is 11.3 Å². The van der Waals surface area contributed by atoms with Crippen molar-refractivity contribution < 1.29 is 14.3 Å². The molecule has 0 saturated heterocycles. The van der Waals surface area contributed by atoms with E-state index in [1.807, 2.05) is 30.3 Å². The summed E-state index contributed by atoms with van der Waals surface area (Å²) in [5.41, 5.74) is 7.56. The van der Waals surface area contributed by atoms with Crippen LogP contribution in [-0.2, 0) is 12.8 Å². The van der Waals surface area contributed by atoms with Gasteiger partial charge in [0, 0.05) is 10.4 Å². The van der Waals surface area contributed by atoms with Crippen molar-refractivity contribution in [3.05, 3.63) is 76.2 Å². The highest BCUT2D eigenvalue weighted by molar-refractivity contribution is 7.17. The molecule has 0 bridgehead atoms. The van der Waals surface area contributed by atoms with Crippen LogP contribution >= 0.6 is 11.3 Å². The molecule has 0 radical (unpaired) electrons. The third-order valence-electron chi connectivity index (χ3n) is 5.06. The summed E-state index contributed by atoms with van der Waals surface area (Å²) in [7, 11) is 0. The summed E-state index contributed by atoms with van der Waals surface area (Å²) in [6.07, 6.45) is 2.82. The molecule has 1 aliphatic carbocycles. The Balaban J connectivity index is 1.57. The molecule has 1 unspecified atom stereocenters. The third kappa shape index (κ3) is 4.17. The van der Waals surface area contributed by atoms with Gasteiger partial charge in [-0.2, -0.15) is 0 Å². The van der Waals surface area contributed by atoms with Gasteiger partial charge in [0.1, 0.15) is 16.5 Å². The lowest BCUT2D eigenvalue weighted by atomic mass is 9.87. The fourth-order valence-corrected chi connectivity index (χ4v) is 4.85. The summed E-state index contributed by atoms with van der Waals surface area (Å²) in [5, 5.41) is 3.43. The summed E-state index contributed by atoms with van der Waals surface area (Å²) in [6.45, 7) is 2.17. The van der Waals surface area contributed by atoms with Gasteiger partial charge in [-0.1, -0.05) is 31.2 Å². The van der Waals surface area contributed by atoms with E-state index in [0.29, 0.717) is 33.5 Å². The topological polar surface area (TPSA) is 81.4 Å². The average molecular weight is 407 g/mol. The quantitative estimate of drug-likeness (QED) is 0.624. The number of amides is 2. The molecule has 3 N–H and O–H groups in total. The van der Waals surface area contributed by atoms with Crippen LogP contribution in [0, 0.1) is 5.92 Å². The van der Waals surface area contributed by atoms with Crippen LogP contribution in [0.2, 0.25) is 0 Å². The van der Waals surface area contributed by atoms with E-state index in [9.17, 15) is 9.59 Å². The minimum Gasteiger partial charge on any atom is -0.457 e. The van der Waals surface area contributed by atoms with Crippen LogP contribution in [0.25, 0.3) is 0 Å². The monoisotopic (exact) mass is 406 g/mol. The number of anilines is 1. The van der Waals surface area contributed by atoms with Crippen LogP contribution in [0.4, 0.5) is 5.00 Å². The number of rotatable bonds is 5. The van der Waals surface area contributed by atoms with Crippen molar-refractivity contribution in [2.24, 2.45) is 11.7 Å². The zero-order chi connectivity index (χ0) is 20.4. The normalized spacial score (nSPS) is 15.4. The first-order valence-electron chi connectivity index (χ1n) is 9.60. The molecule has 148 valence electrons. The van der Waals surface area contributed by atoms with Gasteiger partial charge >= 0.3 is 0 Å². The molecule has 5 nitrogen and oxygen atoms in total. The minimum absolute atomic E-state index is 0.294. The van der Waals surface area contributed by atoms with Crippen LogP contribution < -0.4 is 15.8 Å². The second kappa shape index (κ2) is 8.09. The number of thiophene rings is 1. The van der Waals surface area contributed by atoms with Crippen LogP contribution in [0.1, 0.15) is 44.5 Å². The van der Waals surface area contributed by atoms with Gasteiger partial charge < -0.3 is 15.8 Å². The highest BCUT2D eigenvalue weighted by Crippen LogP contribution is 2.39. The fourth-order valence-electron chi connectivity index (χ4n) is 3.61. The first kappa shape index (κ1) is 19.2. The molecule has 0 fully saturated rings. The number of aryl methyl sites for hydroxylation is 1. The lowest BCUT2D eigenvalue weighted by molar-refractivity contribution is 0.1000. The zero-order valence-electron chi connectivity index (χ0n) is 16.1. The molecule has 6 heteroatoms. The van der Waals surface area contributed by atoms with E-state index >= 15 is 0 Å². The standard InChI is InChI=1S/C23H22N2O3S/c1-14-10-11-19-18(12-14)20(21(24)26)23(29-19)25-22(27)15-6-5-9-17(13-15)28-16-7-3-2-4-8-16/h2-9,13-14H,10-12H2,1H3,(H2,24,26)(H,25,27). The van der Waals surface area contributed by atoms with E-state index in [1.54, 1.807) is 24.3 Å². The molecule has 1 atom stereocenters. The Morgan fingerprint density at radius 2 is 1.86 bits per heavy atom. The number of carbonyl (C=O) groups excluding carboxylic acids is 2. The van der Waals surface area contributed by atoms with E-state index in [0.717, 1.165) is 29.7 Å². The molecule has 1 heterocycles. The lowest BCUT2D eigenvalue weighted by Gasteiger charge is -2.18. The second-order valence-electron chi connectivity index (χ2n) is 7.32. The van der Waals surface area contributed by atoms with E-state index in [4.69, 9.17) is 10.5 Å². The first-order valence-corrected chi connectivity index (χ1v) is 10.4. The number of nitrogens with two attached hydrogens (primary N) is 1. The van der Waals surface area contributed by atoms with Gasteiger partial charge in [-0.25, -0.2) is 0 Å². The van der Waals surface area contributed by atoms with Gasteiger partial charge in [0.15, 0.2) is 0 Å². The molecule has 2 amide bonds. The maximum Gasteiger partial charge on any atom is 0.256 e. The minimum atomic E-state index is -0.493.